The predicted molar refractivity (Wildman–Crippen MR) is 156 cm³/mol. The van der Waals surface area contributed by atoms with Crippen LogP contribution in [0.1, 0.15) is 52.7 Å². The Morgan fingerprint density at radius 2 is 1.03 bits per heavy atom. The Balaban J connectivity index is 2.03. The Bertz CT molecular complexity index is 926. The normalized spacial score (nSPS) is 15.0. The topological polar surface area (TPSA) is 117 Å². The molecule has 8 nitrogen and oxygen atoms in total. The maximum Gasteiger partial charge on any atom is 0.407 e. The summed E-state index contributed by atoms with van der Waals surface area (Å²) in [5, 5.41) is 27.6. The van der Waals surface area contributed by atoms with Crippen LogP contribution in [0.3, 0.4) is 0 Å². The number of alkyl carbamates (subject to hydrolysis) is 2. The summed E-state index contributed by atoms with van der Waals surface area (Å²) in [6.45, 7) is 10.7. The van der Waals surface area contributed by atoms with Crippen molar-refractivity contribution in [1.29, 1.82) is 0 Å². The van der Waals surface area contributed by atoms with Gasteiger partial charge in [0.15, 0.2) is 0 Å². The number of carbonyl (C=O) groups is 2. The summed E-state index contributed by atoms with van der Waals surface area (Å²) in [5.74, 6) is 0.518. The largest absolute Gasteiger partial charge is 0.444 e. The highest BCUT2D eigenvalue weighted by Crippen LogP contribution is 2.17. The minimum absolute atomic E-state index is 0.259. The fourth-order valence-corrected chi connectivity index (χ4v) is 4.85. The van der Waals surface area contributed by atoms with Crippen LogP contribution < -0.4 is 10.6 Å². The van der Waals surface area contributed by atoms with E-state index in [1.54, 1.807) is 41.5 Å². The van der Waals surface area contributed by atoms with Crippen LogP contribution in [0.4, 0.5) is 9.59 Å². The lowest BCUT2D eigenvalue weighted by atomic mass is 10.0. The van der Waals surface area contributed by atoms with E-state index >= 15 is 0 Å². The monoisotopic (exact) mass is 560 g/mol. The number of aliphatic hydroxyl groups excluding tert-OH is 2. The first-order valence-electron chi connectivity index (χ1n) is 13.2. The lowest BCUT2D eigenvalue weighted by Gasteiger charge is -2.28. The molecule has 0 saturated heterocycles. The van der Waals surface area contributed by atoms with E-state index in [0.29, 0.717) is 12.8 Å². The van der Waals surface area contributed by atoms with Gasteiger partial charge in [-0.1, -0.05) is 60.7 Å². The molecule has 0 aliphatic heterocycles. The zero-order chi connectivity index (χ0) is 29.1. The Kier molecular flexibility index (Phi) is 12.6. The molecule has 0 radical (unpaired) electrons. The zero-order valence-corrected chi connectivity index (χ0v) is 24.7. The molecule has 0 aliphatic carbocycles. The molecule has 0 aromatic heterocycles. The Hall–Kier alpha value is -2.75. The second-order valence-electron chi connectivity index (χ2n) is 11.6. The van der Waals surface area contributed by atoms with Gasteiger partial charge < -0.3 is 30.3 Å². The number of rotatable bonds is 12. The third-order valence-corrected chi connectivity index (χ3v) is 6.66. The predicted octanol–water partition coefficient (Wildman–Crippen LogP) is 4.71. The zero-order valence-electron chi connectivity index (χ0n) is 23.8. The van der Waals surface area contributed by atoms with Gasteiger partial charge in [0.25, 0.3) is 0 Å². The van der Waals surface area contributed by atoms with Gasteiger partial charge in [-0.2, -0.15) is 11.8 Å². The molecule has 2 aromatic rings. The molecule has 0 unspecified atom stereocenters. The molecular formula is C30H44N2O6S. The summed E-state index contributed by atoms with van der Waals surface area (Å²) < 4.78 is 10.8. The van der Waals surface area contributed by atoms with Gasteiger partial charge in [-0.25, -0.2) is 9.59 Å². The lowest BCUT2D eigenvalue weighted by Crippen LogP contribution is -2.48. The fraction of sp³-hybridized carbons (Fsp3) is 0.533. The third-order valence-electron chi connectivity index (χ3n) is 5.51. The van der Waals surface area contributed by atoms with Crippen molar-refractivity contribution in [2.45, 2.75) is 89.9 Å². The summed E-state index contributed by atoms with van der Waals surface area (Å²) >= 11 is 1.34. The van der Waals surface area contributed by atoms with Crippen LogP contribution in [0, 0.1) is 0 Å². The number of nitrogens with one attached hydrogen (secondary N) is 2. The average Bonchev–Trinajstić information content (AvgIpc) is 2.82. The van der Waals surface area contributed by atoms with E-state index in [-0.39, 0.29) is 11.5 Å². The third kappa shape index (κ3) is 13.7. The first kappa shape index (κ1) is 32.5. The number of aliphatic hydroxyl groups is 2. The van der Waals surface area contributed by atoms with Crippen LogP contribution in [0.25, 0.3) is 0 Å². The Morgan fingerprint density at radius 3 is 1.33 bits per heavy atom. The summed E-state index contributed by atoms with van der Waals surface area (Å²) in [4.78, 5) is 24.9. The van der Waals surface area contributed by atoms with Crippen molar-refractivity contribution in [2.75, 3.05) is 11.5 Å². The van der Waals surface area contributed by atoms with Crippen LogP contribution in [0.5, 0.6) is 0 Å². The van der Waals surface area contributed by atoms with E-state index in [0.717, 1.165) is 11.1 Å². The van der Waals surface area contributed by atoms with Crippen molar-refractivity contribution in [3.05, 3.63) is 71.8 Å². The van der Waals surface area contributed by atoms with Crippen LogP contribution >= 0.6 is 11.8 Å². The van der Waals surface area contributed by atoms with E-state index in [9.17, 15) is 19.8 Å². The summed E-state index contributed by atoms with van der Waals surface area (Å²) in [5.41, 5.74) is 0.597. The van der Waals surface area contributed by atoms with E-state index < -0.39 is 47.7 Å². The number of hydrogen-bond acceptors (Lipinski definition) is 7. The molecule has 2 rings (SSSR count). The van der Waals surface area contributed by atoms with Crippen molar-refractivity contribution < 1.29 is 29.3 Å². The summed E-state index contributed by atoms with van der Waals surface area (Å²) in [7, 11) is 0. The molecule has 2 aromatic carbocycles. The second-order valence-corrected chi connectivity index (χ2v) is 12.6. The van der Waals surface area contributed by atoms with Gasteiger partial charge in [-0.15, -0.1) is 0 Å². The van der Waals surface area contributed by atoms with E-state index in [1.165, 1.54) is 11.8 Å². The molecule has 0 bridgehead atoms. The van der Waals surface area contributed by atoms with Crippen LogP contribution in [0.2, 0.25) is 0 Å². The van der Waals surface area contributed by atoms with Crippen molar-refractivity contribution in [3.63, 3.8) is 0 Å². The number of benzene rings is 2. The van der Waals surface area contributed by atoms with Gasteiger partial charge in [-0.3, -0.25) is 0 Å². The SMILES string of the molecule is CC(C)(C)OC(=O)N[C@@H](Cc1ccccc1)[C@@H](O)CSC[C@H](O)[C@H](Cc1ccccc1)NC(=O)OC(C)(C)C. The molecule has 39 heavy (non-hydrogen) atoms. The smallest absolute Gasteiger partial charge is 0.407 e. The number of amides is 2. The van der Waals surface area contributed by atoms with Gasteiger partial charge in [0, 0.05) is 11.5 Å². The average molecular weight is 561 g/mol. The van der Waals surface area contributed by atoms with E-state index in [2.05, 4.69) is 10.6 Å². The molecule has 0 fully saturated rings. The highest BCUT2D eigenvalue weighted by molar-refractivity contribution is 7.99. The molecule has 0 aliphatic rings. The molecule has 4 N–H and O–H groups in total. The van der Waals surface area contributed by atoms with Crippen LogP contribution in [-0.4, -0.2) is 69.4 Å². The van der Waals surface area contributed by atoms with Gasteiger partial charge >= 0.3 is 12.2 Å². The second kappa shape index (κ2) is 15.1. The Labute approximate surface area is 236 Å². The number of ether oxygens (including phenoxy) is 2. The lowest BCUT2D eigenvalue weighted by molar-refractivity contribution is 0.0436. The number of carbonyl (C=O) groups excluding carboxylic acids is 2. The molecule has 0 saturated carbocycles. The molecule has 0 spiro atoms. The van der Waals surface area contributed by atoms with Crippen molar-refractivity contribution >= 4 is 23.9 Å². The van der Waals surface area contributed by atoms with Crippen LogP contribution in [-0.2, 0) is 22.3 Å². The van der Waals surface area contributed by atoms with E-state index in [1.807, 2.05) is 60.7 Å². The summed E-state index contributed by atoms with van der Waals surface area (Å²) in [6.07, 6.45) is -2.17. The highest BCUT2D eigenvalue weighted by Gasteiger charge is 2.28. The minimum atomic E-state index is -0.902. The summed E-state index contributed by atoms with van der Waals surface area (Å²) in [6, 6.07) is 18.0. The maximum atomic E-state index is 12.5. The molecule has 9 heteroatoms. The van der Waals surface area contributed by atoms with Gasteiger partial charge in [0.2, 0.25) is 0 Å². The molecular weight excluding hydrogens is 516 g/mol. The van der Waals surface area contributed by atoms with Crippen molar-refractivity contribution in [3.8, 4) is 0 Å². The highest BCUT2D eigenvalue weighted by atomic mass is 32.2. The molecule has 0 heterocycles. The van der Waals surface area contributed by atoms with Gasteiger partial charge in [0.1, 0.15) is 11.2 Å². The van der Waals surface area contributed by atoms with Gasteiger partial charge in [-0.05, 0) is 65.5 Å². The van der Waals surface area contributed by atoms with E-state index in [4.69, 9.17) is 9.47 Å². The minimum Gasteiger partial charge on any atom is -0.444 e. The van der Waals surface area contributed by atoms with Crippen molar-refractivity contribution in [1.82, 2.24) is 10.6 Å². The number of thioether (sulfide) groups is 1. The quantitative estimate of drug-likeness (QED) is 0.297. The molecule has 216 valence electrons. The first-order valence-corrected chi connectivity index (χ1v) is 14.4. The first-order chi connectivity index (χ1) is 18.2. The van der Waals surface area contributed by atoms with Crippen LogP contribution in [0.15, 0.2) is 60.7 Å². The maximum absolute atomic E-state index is 12.5. The molecule has 2 amide bonds. The fourth-order valence-electron chi connectivity index (χ4n) is 3.76. The van der Waals surface area contributed by atoms with Gasteiger partial charge in [0.05, 0.1) is 24.3 Å². The number of hydrogen-bond donors (Lipinski definition) is 4. The Morgan fingerprint density at radius 1 is 0.692 bits per heavy atom. The molecule has 4 atom stereocenters. The standard InChI is InChI=1S/C30H44N2O6S/c1-29(2,3)37-27(35)31-23(17-21-13-9-7-10-14-21)25(33)19-39-20-26(34)24(18-22-15-11-8-12-16-22)32-28(36)38-30(4,5)6/h7-16,23-26,33-34H,17-20H2,1-6H3,(H,31,35)(H,32,36)/t23-,24-,25-,26-/m0/s1. The van der Waals surface area contributed by atoms with Crippen molar-refractivity contribution in [2.24, 2.45) is 0 Å².